The van der Waals surface area contributed by atoms with Crippen LogP contribution in [0.2, 0.25) is 0 Å². The average molecular weight is 425 g/mol. The first-order valence-electron chi connectivity index (χ1n) is 8.53. The largest absolute Gasteiger partial charge is 0.398 e. The molecule has 3 nitrogen and oxygen atoms in total. The van der Waals surface area contributed by atoms with E-state index in [1.807, 2.05) is 37.4 Å². The van der Waals surface area contributed by atoms with Crippen molar-refractivity contribution in [3.05, 3.63) is 69.7 Å². The van der Waals surface area contributed by atoms with Crippen LogP contribution in [0.1, 0.15) is 26.6 Å². The Bertz CT molecular complexity index is 962. The standard InChI is InChI=1S/C20H19F3N2OS2/c1-13-10-16(14(2)25(13)11-15-6-5-9-27-15)19(26)24-17-7-3-4-8-18(17)28-12-20(21,22)23/h3-10H,11-12H2,1-2H3,(H,24,26). The second kappa shape index (κ2) is 8.45. The molecular weight excluding hydrogens is 405 g/mol. The number of para-hydroxylation sites is 1. The third-order valence-corrected chi connectivity index (χ3v) is 6.24. The van der Waals surface area contributed by atoms with Gasteiger partial charge in [0.15, 0.2) is 0 Å². The zero-order valence-corrected chi connectivity index (χ0v) is 17.0. The summed E-state index contributed by atoms with van der Waals surface area (Å²) in [6.07, 6.45) is -4.27. The summed E-state index contributed by atoms with van der Waals surface area (Å²) >= 11 is 2.31. The number of nitrogens with zero attached hydrogens (tertiary/aromatic N) is 1. The first kappa shape index (κ1) is 20.5. The predicted molar refractivity (Wildman–Crippen MR) is 109 cm³/mol. The number of aromatic nitrogens is 1. The highest BCUT2D eigenvalue weighted by Gasteiger charge is 2.28. The number of aryl methyl sites for hydroxylation is 1. The van der Waals surface area contributed by atoms with Gasteiger partial charge in [-0.25, -0.2) is 0 Å². The van der Waals surface area contributed by atoms with Gasteiger partial charge in [0, 0.05) is 21.2 Å². The number of carbonyl (C=O) groups excluding carboxylic acids is 1. The molecule has 1 N–H and O–H groups in total. The summed E-state index contributed by atoms with van der Waals surface area (Å²) < 4.78 is 39.7. The molecule has 0 fully saturated rings. The highest BCUT2D eigenvalue weighted by atomic mass is 32.2. The van der Waals surface area contributed by atoms with Gasteiger partial charge in [-0.05, 0) is 43.5 Å². The molecule has 1 aromatic carbocycles. The number of nitrogens with one attached hydrogen (secondary N) is 1. The average Bonchev–Trinajstić information content (AvgIpc) is 3.24. The van der Waals surface area contributed by atoms with Crippen molar-refractivity contribution < 1.29 is 18.0 Å². The van der Waals surface area contributed by atoms with Gasteiger partial charge >= 0.3 is 6.18 Å². The molecule has 0 aliphatic rings. The number of rotatable bonds is 6. The van der Waals surface area contributed by atoms with Gasteiger partial charge in [0.1, 0.15) is 0 Å². The minimum absolute atomic E-state index is 0.328. The van der Waals surface area contributed by atoms with E-state index in [1.54, 1.807) is 35.6 Å². The Kier molecular flexibility index (Phi) is 6.20. The Morgan fingerprint density at radius 3 is 2.61 bits per heavy atom. The number of alkyl halides is 3. The summed E-state index contributed by atoms with van der Waals surface area (Å²) in [5.41, 5.74) is 2.68. The molecule has 0 bridgehead atoms. The Morgan fingerprint density at radius 2 is 1.93 bits per heavy atom. The fraction of sp³-hybridized carbons (Fsp3) is 0.250. The number of hydrogen-bond acceptors (Lipinski definition) is 3. The maximum atomic E-state index is 12.8. The maximum Gasteiger partial charge on any atom is 0.398 e. The van der Waals surface area contributed by atoms with Crippen LogP contribution in [0, 0.1) is 13.8 Å². The number of anilines is 1. The Labute approximate surface area is 169 Å². The molecule has 0 aliphatic carbocycles. The van der Waals surface area contributed by atoms with Gasteiger partial charge in [-0.1, -0.05) is 18.2 Å². The molecule has 2 aromatic heterocycles. The fourth-order valence-electron chi connectivity index (χ4n) is 2.88. The number of amides is 1. The van der Waals surface area contributed by atoms with Crippen LogP contribution in [0.3, 0.4) is 0 Å². The van der Waals surface area contributed by atoms with Gasteiger partial charge in [0.05, 0.1) is 23.5 Å². The molecular formula is C20H19F3N2OS2. The summed E-state index contributed by atoms with van der Waals surface area (Å²) in [7, 11) is 0. The van der Waals surface area contributed by atoms with E-state index in [2.05, 4.69) is 9.88 Å². The highest BCUT2D eigenvalue weighted by molar-refractivity contribution is 7.99. The third kappa shape index (κ3) is 4.99. The lowest BCUT2D eigenvalue weighted by Crippen LogP contribution is -2.15. The number of carbonyl (C=O) groups is 1. The van der Waals surface area contributed by atoms with Crippen molar-refractivity contribution in [3.8, 4) is 0 Å². The lowest BCUT2D eigenvalue weighted by Gasteiger charge is -2.12. The fourth-order valence-corrected chi connectivity index (χ4v) is 4.34. The van der Waals surface area contributed by atoms with Gasteiger partial charge < -0.3 is 9.88 Å². The zero-order chi connectivity index (χ0) is 20.3. The van der Waals surface area contributed by atoms with Crippen molar-refractivity contribution in [2.45, 2.75) is 31.5 Å². The molecule has 0 saturated heterocycles. The lowest BCUT2D eigenvalue weighted by molar-refractivity contribution is -0.105. The molecule has 148 valence electrons. The molecule has 1 amide bonds. The van der Waals surface area contributed by atoms with Crippen LogP contribution < -0.4 is 5.32 Å². The zero-order valence-electron chi connectivity index (χ0n) is 15.3. The lowest BCUT2D eigenvalue weighted by atomic mass is 10.2. The van der Waals surface area contributed by atoms with Crippen LogP contribution in [0.15, 0.2) is 52.7 Å². The van der Waals surface area contributed by atoms with Gasteiger partial charge in [-0.15, -0.1) is 23.1 Å². The molecule has 8 heteroatoms. The predicted octanol–water partition coefficient (Wildman–Crippen LogP) is 6.12. The number of thiophene rings is 1. The molecule has 0 spiro atoms. The number of benzene rings is 1. The maximum absolute atomic E-state index is 12.8. The van der Waals surface area contributed by atoms with E-state index in [9.17, 15) is 18.0 Å². The van der Waals surface area contributed by atoms with E-state index in [4.69, 9.17) is 0 Å². The van der Waals surface area contributed by atoms with Crippen molar-refractivity contribution in [1.29, 1.82) is 0 Å². The molecule has 28 heavy (non-hydrogen) atoms. The van der Waals surface area contributed by atoms with Gasteiger partial charge in [-0.3, -0.25) is 4.79 Å². The minimum atomic E-state index is -4.27. The SMILES string of the molecule is Cc1cc(C(=O)Nc2ccccc2SCC(F)(F)F)c(C)n1Cc1cccs1. The van der Waals surface area contributed by atoms with Gasteiger partial charge in [-0.2, -0.15) is 13.2 Å². The van der Waals surface area contributed by atoms with Crippen LogP contribution in [0.25, 0.3) is 0 Å². The van der Waals surface area contributed by atoms with E-state index in [-0.39, 0.29) is 5.91 Å². The normalized spacial score (nSPS) is 11.6. The minimum Gasteiger partial charge on any atom is -0.343 e. The van der Waals surface area contributed by atoms with E-state index in [0.29, 0.717) is 34.5 Å². The summed E-state index contributed by atoms with van der Waals surface area (Å²) in [5.74, 6) is -1.33. The Balaban J connectivity index is 1.79. The summed E-state index contributed by atoms with van der Waals surface area (Å²) in [4.78, 5) is 14.4. The van der Waals surface area contributed by atoms with Crippen molar-refractivity contribution in [1.82, 2.24) is 4.57 Å². The number of hydrogen-bond donors (Lipinski definition) is 1. The summed E-state index contributed by atoms with van der Waals surface area (Å²) in [6.45, 7) is 4.49. The van der Waals surface area contributed by atoms with Crippen LogP contribution in [0.5, 0.6) is 0 Å². The van der Waals surface area contributed by atoms with Crippen molar-refractivity contribution in [2.24, 2.45) is 0 Å². The van der Waals surface area contributed by atoms with Gasteiger partial charge in [0.2, 0.25) is 0 Å². The molecule has 0 radical (unpaired) electrons. The van der Waals surface area contributed by atoms with E-state index >= 15 is 0 Å². The number of thioether (sulfide) groups is 1. The van der Waals surface area contributed by atoms with Gasteiger partial charge in [0.25, 0.3) is 5.91 Å². The van der Waals surface area contributed by atoms with Crippen LogP contribution in [-0.4, -0.2) is 22.4 Å². The molecule has 0 unspecified atom stereocenters. The summed E-state index contributed by atoms with van der Waals surface area (Å²) in [6, 6.07) is 12.4. The van der Waals surface area contributed by atoms with Crippen molar-refractivity contribution >= 4 is 34.7 Å². The second-order valence-electron chi connectivity index (χ2n) is 6.30. The first-order chi connectivity index (χ1) is 13.2. The Morgan fingerprint density at radius 1 is 1.18 bits per heavy atom. The molecule has 0 saturated carbocycles. The highest BCUT2D eigenvalue weighted by Crippen LogP contribution is 2.32. The Hall–Kier alpha value is -2.19. The van der Waals surface area contributed by atoms with E-state index in [0.717, 1.165) is 11.4 Å². The molecule has 3 aromatic rings. The smallest absolute Gasteiger partial charge is 0.343 e. The van der Waals surface area contributed by atoms with Crippen molar-refractivity contribution in [2.75, 3.05) is 11.1 Å². The van der Waals surface area contributed by atoms with Crippen molar-refractivity contribution in [3.63, 3.8) is 0 Å². The quantitative estimate of drug-likeness (QED) is 0.484. The van der Waals surface area contributed by atoms with E-state index in [1.165, 1.54) is 4.88 Å². The molecule has 0 atom stereocenters. The first-order valence-corrected chi connectivity index (χ1v) is 10.4. The van der Waals surface area contributed by atoms with Crippen LogP contribution in [-0.2, 0) is 6.54 Å². The third-order valence-electron chi connectivity index (χ3n) is 4.24. The topological polar surface area (TPSA) is 34.0 Å². The van der Waals surface area contributed by atoms with E-state index < -0.39 is 11.9 Å². The van der Waals surface area contributed by atoms with Crippen LogP contribution >= 0.6 is 23.1 Å². The molecule has 0 aliphatic heterocycles. The summed E-state index contributed by atoms with van der Waals surface area (Å²) in [5, 5.41) is 4.77. The second-order valence-corrected chi connectivity index (χ2v) is 8.35. The molecule has 2 heterocycles. The molecule has 3 rings (SSSR count). The number of halogens is 3. The van der Waals surface area contributed by atoms with Crippen LogP contribution in [0.4, 0.5) is 18.9 Å². The monoisotopic (exact) mass is 424 g/mol.